The predicted octanol–water partition coefficient (Wildman–Crippen LogP) is 2.30. The Morgan fingerprint density at radius 3 is 2.33 bits per heavy atom. The molecule has 0 amide bonds. The normalized spacial score (nSPS) is 13.2. The van der Waals surface area contributed by atoms with Crippen molar-refractivity contribution in [1.82, 2.24) is 5.32 Å². The molecule has 0 radical (unpaired) electrons. The molecule has 1 unspecified atom stereocenters. The number of likely N-dealkylation sites (N-methyl/N-ethyl adjacent to an activating group) is 1. The van der Waals surface area contributed by atoms with Gasteiger partial charge in [-0.15, -0.1) is 13.2 Å². The minimum Gasteiger partial charge on any atom is -0.406 e. The van der Waals surface area contributed by atoms with Crippen LogP contribution in [0.5, 0.6) is 5.75 Å². The highest BCUT2D eigenvalue weighted by molar-refractivity contribution is 5.85. The number of benzene rings is 1. The van der Waals surface area contributed by atoms with Gasteiger partial charge >= 0.3 is 6.36 Å². The van der Waals surface area contributed by atoms with Gasteiger partial charge in [-0.25, -0.2) is 0 Å². The maximum Gasteiger partial charge on any atom is 0.573 e. The largest absolute Gasteiger partial charge is 0.573 e. The van der Waals surface area contributed by atoms with Crippen LogP contribution in [0.25, 0.3) is 0 Å². The molecule has 1 rings (SSSR count). The number of nitrogens with one attached hydrogen (secondary N) is 1. The first-order chi connectivity index (χ1) is 8.31. The Morgan fingerprint density at radius 1 is 1.33 bits per heavy atom. The van der Waals surface area contributed by atoms with Gasteiger partial charge in [-0.05, 0) is 31.7 Å². The standard InChI is InChI=1S/C12H14F3NO2/c1-8(16-2)11(17)7-9-3-5-10(6-4-9)18-12(13,14)15/h3-6,8,16H,7H2,1-2H3. The van der Waals surface area contributed by atoms with E-state index in [2.05, 4.69) is 10.1 Å². The Hall–Kier alpha value is -1.56. The Balaban J connectivity index is 2.63. The van der Waals surface area contributed by atoms with E-state index in [4.69, 9.17) is 0 Å². The van der Waals surface area contributed by atoms with Gasteiger partial charge in [-0.3, -0.25) is 4.79 Å². The molecule has 0 aliphatic carbocycles. The number of ether oxygens (including phenoxy) is 1. The fourth-order valence-corrected chi connectivity index (χ4v) is 1.32. The van der Waals surface area contributed by atoms with E-state index in [0.717, 1.165) is 0 Å². The molecule has 0 saturated heterocycles. The lowest BCUT2D eigenvalue weighted by molar-refractivity contribution is -0.274. The summed E-state index contributed by atoms with van der Waals surface area (Å²) in [5, 5.41) is 2.80. The SMILES string of the molecule is CNC(C)C(=O)Cc1ccc(OC(F)(F)F)cc1. The number of rotatable bonds is 5. The van der Waals surface area contributed by atoms with Crippen molar-refractivity contribution in [3.63, 3.8) is 0 Å². The highest BCUT2D eigenvalue weighted by Gasteiger charge is 2.30. The molecule has 0 aliphatic rings. The summed E-state index contributed by atoms with van der Waals surface area (Å²) in [6, 6.07) is 5.00. The Labute approximate surface area is 103 Å². The van der Waals surface area contributed by atoms with Crippen molar-refractivity contribution in [2.75, 3.05) is 7.05 Å². The maximum absolute atomic E-state index is 11.9. The van der Waals surface area contributed by atoms with Crippen molar-refractivity contribution < 1.29 is 22.7 Å². The molecule has 6 heteroatoms. The fraction of sp³-hybridized carbons (Fsp3) is 0.417. The van der Waals surface area contributed by atoms with E-state index in [9.17, 15) is 18.0 Å². The summed E-state index contributed by atoms with van der Waals surface area (Å²) in [6.45, 7) is 1.73. The quantitative estimate of drug-likeness (QED) is 0.883. The van der Waals surface area contributed by atoms with Gasteiger partial charge in [0.1, 0.15) is 5.75 Å². The molecule has 1 aromatic carbocycles. The summed E-state index contributed by atoms with van der Waals surface area (Å²) in [7, 11) is 1.67. The molecule has 3 nitrogen and oxygen atoms in total. The van der Waals surface area contributed by atoms with Gasteiger partial charge in [0.2, 0.25) is 0 Å². The zero-order valence-corrected chi connectivity index (χ0v) is 10.0. The lowest BCUT2D eigenvalue weighted by Crippen LogP contribution is -2.31. The van der Waals surface area contributed by atoms with Crippen LogP contribution in [0.2, 0.25) is 0 Å². The molecule has 18 heavy (non-hydrogen) atoms. The molecule has 0 heterocycles. The summed E-state index contributed by atoms with van der Waals surface area (Å²) in [6.07, 6.45) is -4.52. The van der Waals surface area contributed by atoms with Gasteiger partial charge in [0, 0.05) is 6.42 Å². The molecule has 1 aromatic rings. The van der Waals surface area contributed by atoms with Gasteiger partial charge in [0.05, 0.1) is 6.04 Å². The molecule has 0 bridgehead atoms. The Bertz CT molecular complexity index is 401. The molecule has 1 atom stereocenters. The maximum atomic E-state index is 11.9. The van der Waals surface area contributed by atoms with Crippen molar-refractivity contribution in [1.29, 1.82) is 0 Å². The van der Waals surface area contributed by atoms with E-state index < -0.39 is 6.36 Å². The molecular formula is C12H14F3NO2. The third-order valence-corrected chi connectivity index (χ3v) is 2.45. The molecule has 1 N–H and O–H groups in total. The first-order valence-corrected chi connectivity index (χ1v) is 5.36. The zero-order chi connectivity index (χ0) is 13.8. The van der Waals surface area contributed by atoms with Crippen LogP contribution in [0.15, 0.2) is 24.3 Å². The smallest absolute Gasteiger partial charge is 0.406 e. The van der Waals surface area contributed by atoms with Crippen LogP contribution in [0.1, 0.15) is 12.5 Å². The highest BCUT2D eigenvalue weighted by Crippen LogP contribution is 2.22. The van der Waals surface area contributed by atoms with E-state index in [-0.39, 0.29) is 24.0 Å². The fourth-order valence-electron chi connectivity index (χ4n) is 1.32. The van der Waals surface area contributed by atoms with Crippen molar-refractivity contribution in [2.24, 2.45) is 0 Å². The molecule has 0 fully saturated rings. The van der Waals surface area contributed by atoms with Gasteiger partial charge in [0.15, 0.2) is 5.78 Å². The average molecular weight is 261 g/mol. The topological polar surface area (TPSA) is 38.3 Å². The van der Waals surface area contributed by atoms with Crippen molar-refractivity contribution in [3.8, 4) is 5.75 Å². The van der Waals surface area contributed by atoms with Crippen LogP contribution >= 0.6 is 0 Å². The lowest BCUT2D eigenvalue weighted by Gasteiger charge is -2.10. The van der Waals surface area contributed by atoms with Crippen molar-refractivity contribution in [2.45, 2.75) is 25.7 Å². The number of Topliss-reactive ketones (excluding diaryl/α,β-unsaturated/α-hetero) is 1. The summed E-state index contributed by atoms with van der Waals surface area (Å²) in [5.74, 6) is -0.317. The summed E-state index contributed by atoms with van der Waals surface area (Å²) >= 11 is 0. The zero-order valence-electron chi connectivity index (χ0n) is 10.0. The first-order valence-electron chi connectivity index (χ1n) is 5.36. The second-order valence-electron chi connectivity index (χ2n) is 3.85. The predicted molar refractivity (Wildman–Crippen MR) is 60.4 cm³/mol. The van der Waals surface area contributed by atoms with E-state index in [1.165, 1.54) is 24.3 Å². The minimum atomic E-state index is -4.70. The summed E-state index contributed by atoms with van der Waals surface area (Å²) in [4.78, 5) is 11.6. The van der Waals surface area contributed by atoms with Gasteiger partial charge in [-0.1, -0.05) is 12.1 Å². The van der Waals surface area contributed by atoms with E-state index in [1.807, 2.05) is 0 Å². The summed E-state index contributed by atoms with van der Waals surface area (Å²) in [5.41, 5.74) is 0.650. The van der Waals surface area contributed by atoms with Crippen molar-refractivity contribution >= 4 is 5.78 Å². The number of hydrogen-bond acceptors (Lipinski definition) is 3. The van der Waals surface area contributed by atoms with E-state index >= 15 is 0 Å². The van der Waals surface area contributed by atoms with Crippen LogP contribution in [-0.4, -0.2) is 25.2 Å². The second-order valence-corrected chi connectivity index (χ2v) is 3.85. The average Bonchev–Trinajstić information content (AvgIpc) is 2.28. The molecule has 0 spiro atoms. The number of halogens is 3. The minimum absolute atomic E-state index is 0.0259. The third kappa shape index (κ3) is 4.75. The number of carbonyl (C=O) groups is 1. The summed E-state index contributed by atoms with van der Waals surface area (Å²) < 4.78 is 39.5. The first kappa shape index (κ1) is 14.5. The van der Waals surface area contributed by atoms with Crippen LogP contribution in [0, 0.1) is 0 Å². The van der Waals surface area contributed by atoms with Gasteiger partial charge in [-0.2, -0.15) is 0 Å². The lowest BCUT2D eigenvalue weighted by atomic mass is 10.0. The van der Waals surface area contributed by atoms with Gasteiger partial charge < -0.3 is 10.1 Å². The van der Waals surface area contributed by atoms with Crippen LogP contribution in [-0.2, 0) is 11.2 Å². The van der Waals surface area contributed by atoms with Crippen LogP contribution in [0.3, 0.4) is 0 Å². The number of carbonyl (C=O) groups excluding carboxylic acids is 1. The van der Waals surface area contributed by atoms with Crippen molar-refractivity contribution in [3.05, 3.63) is 29.8 Å². The Kier molecular flexibility index (Phi) is 4.72. The molecule has 100 valence electrons. The highest BCUT2D eigenvalue weighted by atomic mass is 19.4. The molecule has 0 aromatic heterocycles. The molecule has 0 saturated carbocycles. The monoisotopic (exact) mass is 261 g/mol. The Morgan fingerprint density at radius 2 is 1.89 bits per heavy atom. The molecule has 0 aliphatic heterocycles. The van der Waals surface area contributed by atoms with Crippen LogP contribution in [0.4, 0.5) is 13.2 Å². The number of hydrogen-bond donors (Lipinski definition) is 1. The van der Waals surface area contributed by atoms with Gasteiger partial charge in [0.25, 0.3) is 0 Å². The van der Waals surface area contributed by atoms with E-state index in [1.54, 1.807) is 14.0 Å². The molecular weight excluding hydrogens is 247 g/mol. The van der Waals surface area contributed by atoms with E-state index in [0.29, 0.717) is 5.56 Å². The number of ketones is 1. The number of alkyl halides is 3. The van der Waals surface area contributed by atoms with Crippen LogP contribution < -0.4 is 10.1 Å². The third-order valence-electron chi connectivity index (χ3n) is 2.45. The second kappa shape index (κ2) is 5.86.